The van der Waals surface area contributed by atoms with Crippen LogP contribution in [0.3, 0.4) is 0 Å². The Morgan fingerprint density at radius 1 is 1.38 bits per heavy atom. The Hall–Kier alpha value is -0.990. The minimum Gasteiger partial charge on any atom is -0.326 e. The molecule has 0 atom stereocenters. The maximum absolute atomic E-state index is 14.1. The molecule has 2 rings (SSSR count). The fraction of sp³-hybridized carbons (Fsp3) is 0.231. The summed E-state index contributed by atoms with van der Waals surface area (Å²) in [6.07, 6.45) is 0.536. The van der Waals surface area contributed by atoms with Crippen LogP contribution in [0, 0.1) is 5.82 Å². The average molecular weight is 349 g/mol. The first-order chi connectivity index (χ1) is 9.94. The summed E-state index contributed by atoms with van der Waals surface area (Å²) in [5.41, 5.74) is 6.48. The molecule has 8 heteroatoms. The Kier molecular flexibility index (Phi) is 5.34. The molecule has 0 bridgehead atoms. The molecule has 0 amide bonds. The highest BCUT2D eigenvalue weighted by Crippen LogP contribution is 2.23. The van der Waals surface area contributed by atoms with Gasteiger partial charge in [0, 0.05) is 23.7 Å². The zero-order valence-electron chi connectivity index (χ0n) is 11.0. The number of hydrogen-bond donors (Lipinski definition) is 2. The van der Waals surface area contributed by atoms with Gasteiger partial charge in [0.15, 0.2) is 0 Å². The monoisotopic (exact) mass is 348 g/mol. The van der Waals surface area contributed by atoms with E-state index in [-0.39, 0.29) is 23.7 Å². The molecule has 0 saturated heterocycles. The Morgan fingerprint density at radius 3 is 2.76 bits per heavy atom. The normalized spacial score (nSPS) is 11.8. The van der Waals surface area contributed by atoms with Gasteiger partial charge in [-0.2, -0.15) is 11.3 Å². The Labute approximate surface area is 131 Å². The van der Waals surface area contributed by atoms with E-state index in [0.717, 1.165) is 11.6 Å². The molecule has 0 aliphatic heterocycles. The topological polar surface area (TPSA) is 72.2 Å². The molecule has 2 aromatic rings. The van der Waals surface area contributed by atoms with Gasteiger partial charge in [-0.1, -0.05) is 11.6 Å². The fourth-order valence-corrected chi connectivity index (χ4v) is 3.99. The van der Waals surface area contributed by atoms with Gasteiger partial charge in [-0.3, -0.25) is 0 Å². The molecule has 0 aliphatic carbocycles. The summed E-state index contributed by atoms with van der Waals surface area (Å²) in [5.74, 6) is -0.857. The average Bonchev–Trinajstić information content (AvgIpc) is 2.93. The van der Waals surface area contributed by atoms with Crippen molar-refractivity contribution in [1.29, 1.82) is 0 Å². The van der Waals surface area contributed by atoms with Gasteiger partial charge in [0.05, 0.1) is 0 Å². The van der Waals surface area contributed by atoms with E-state index in [2.05, 4.69) is 4.72 Å². The highest BCUT2D eigenvalue weighted by molar-refractivity contribution is 7.89. The molecule has 0 aliphatic rings. The van der Waals surface area contributed by atoms with Crippen LogP contribution in [0.4, 0.5) is 4.39 Å². The van der Waals surface area contributed by atoms with Gasteiger partial charge < -0.3 is 5.73 Å². The largest absolute Gasteiger partial charge is 0.326 e. The highest BCUT2D eigenvalue weighted by Gasteiger charge is 2.21. The summed E-state index contributed by atoms with van der Waals surface area (Å²) in [4.78, 5) is -0.472. The van der Waals surface area contributed by atoms with E-state index < -0.39 is 20.7 Å². The van der Waals surface area contributed by atoms with Crippen LogP contribution in [0.1, 0.15) is 11.1 Å². The number of nitrogens with two attached hydrogens (primary N) is 1. The molecule has 114 valence electrons. The van der Waals surface area contributed by atoms with Crippen molar-refractivity contribution in [2.45, 2.75) is 17.9 Å². The summed E-state index contributed by atoms with van der Waals surface area (Å²) in [7, 11) is -3.96. The number of benzene rings is 1. The molecular formula is C13H14ClFN2O2S2. The van der Waals surface area contributed by atoms with Gasteiger partial charge in [-0.15, -0.1) is 0 Å². The van der Waals surface area contributed by atoms with Gasteiger partial charge in [-0.05, 0) is 40.9 Å². The van der Waals surface area contributed by atoms with Crippen LogP contribution in [-0.4, -0.2) is 15.0 Å². The van der Waals surface area contributed by atoms with Crippen LogP contribution in [0.15, 0.2) is 33.9 Å². The van der Waals surface area contributed by atoms with Crippen molar-refractivity contribution >= 4 is 33.0 Å². The van der Waals surface area contributed by atoms with Crippen LogP contribution in [0.5, 0.6) is 0 Å². The van der Waals surface area contributed by atoms with Crippen molar-refractivity contribution in [2.75, 3.05) is 6.54 Å². The first kappa shape index (κ1) is 16.4. The van der Waals surface area contributed by atoms with E-state index in [4.69, 9.17) is 17.3 Å². The zero-order chi connectivity index (χ0) is 15.5. The van der Waals surface area contributed by atoms with E-state index >= 15 is 0 Å². The quantitative estimate of drug-likeness (QED) is 0.842. The third-order valence-electron chi connectivity index (χ3n) is 2.87. The molecule has 3 N–H and O–H groups in total. The molecule has 0 saturated carbocycles. The first-order valence-corrected chi connectivity index (χ1v) is 8.93. The van der Waals surface area contributed by atoms with Gasteiger partial charge in [0.25, 0.3) is 0 Å². The van der Waals surface area contributed by atoms with E-state index in [1.807, 2.05) is 16.8 Å². The number of nitrogens with one attached hydrogen (secondary N) is 1. The van der Waals surface area contributed by atoms with Crippen LogP contribution in [-0.2, 0) is 23.0 Å². The minimum absolute atomic E-state index is 0.0701. The third kappa shape index (κ3) is 4.02. The van der Waals surface area contributed by atoms with Crippen molar-refractivity contribution < 1.29 is 12.8 Å². The molecular weight excluding hydrogens is 335 g/mol. The predicted octanol–water partition coefficient (Wildman–Crippen LogP) is 2.52. The lowest BCUT2D eigenvalue weighted by atomic mass is 10.2. The molecule has 0 spiro atoms. The number of thiophene rings is 1. The van der Waals surface area contributed by atoms with Gasteiger partial charge in [0.2, 0.25) is 10.0 Å². The van der Waals surface area contributed by atoms with E-state index in [1.54, 1.807) is 0 Å². The number of hydrogen-bond acceptors (Lipinski definition) is 4. The lowest BCUT2D eigenvalue weighted by Gasteiger charge is -2.10. The second-order valence-electron chi connectivity index (χ2n) is 4.36. The first-order valence-electron chi connectivity index (χ1n) is 6.13. The van der Waals surface area contributed by atoms with Crippen molar-refractivity contribution in [3.63, 3.8) is 0 Å². The molecule has 0 radical (unpaired) electrons. The predicted molar refractivity (Wildman–Crippen MR) is 82.5 cm³/mol. The molecule has 0 fully saturated rings. The summed E-state index contributed by atoms with van der Waals surface area (Å²) in [5, 5.41) is 3.98. The van der Waals surface area contributed by atoms with E-state index in [1.165, 1.54) is 17.4 Å². The number of rotatable bonds is 6. The van der Waals surface area contributed by atoms with Gasteiger partial charge >= 0.3 is 0 Å². The SMILES string of the molecule is NCc1cc(Cl)cc(S(=O)(=O)NCCc2ccsc2)c1F. The summed E-state index contributed by atoms with van der Waals surface area (Å²) >= 11 is 7.34. The summed E-state index contributed by atoms with van der Waals surface area (Å²) < 4.78 is 40.8. The summed E-state index contributed by atoms with van der Waals surface area (Å²) in [6, 6.07) is 4.32. The standard InChI is InChI=1S/C13H14ClFN2O2S2/c14-11-5-10(7-16)13(15)12(6-11)21(18,19)17-3-1-9-2-4-20-8-9/h2,4-6,8,17H,1,3,7,16H2. The third-order valence-corrected chi connectivity index (χ3v) is 5.29. The second kappa shape index (κ2) is 6.85. The highest BCUT2D eigenvalue weighted by atomic mass is 35.5. The molecule has 4 nitrogen and oxygen atoms in total. The lowest BCUT2D eigenvalue weighted by molar-refractivity contribution is 0.550. The fourth-order valence-electron chi connectivity index (χ4n) is 1.80. The zero-order valence-corrected chi connectivity index (χ0v) is 13.4. The van der Waals surface area contributed by atoms with Crippen LogP contribution >= 0.6 is 22.9 Å². The molecule has 1 heterocycles. The number of halogens is 2. The van der Waals surface area contributed by atoms with Crippen LogP contribution < -0.4 is 10.5 Å². The molecule has 1 aromatic heterocycles. The lowest BCUT2D eigenvalue weighted by Crippen LogP contribution is -2.27. The maximum Gasteiger partial charge on any atom is 0.243 e. The van der Waals surface area contributed by atoms with Crippen LogP contribution in [0.25, 0.3) is 0 Å². The minimum atomic E-state index is -3.96. The van der Waals surface area contributed by atoms with Crippen molar-refractivity contribution in [3.05, 3.63) is 50.9 Å². The van der Waals surface area contributed by atoms with Crippen molar-refractivity contribution in [1.82, 2.24) is 4.72 Å². The Morgan fingerprint density at radius 2 is 2.14 bits per heavy atom. The second-order valence-corrected chi connectivity index (χ2v) is 7.31. The van der Waals surface area contributed by atoms with Crippen molar-refractivity contribution in [2.24, 2.45) is 5.73 Å². The Bertz CT molecular complexity index is 718. The summed E-state index contributed by atoms with van der Waals surface area (Å²) in [6.45, 7) is 0.0623. The molecule has 1 aromatic carbocycles. The number of sulfonamides is 1. The molecule has 0 unspecified atom stereocenters. The Balaban J connectivity index is 2.17. The van der Waals surface area contributed by atoms with Crippen molar-refractivity contribution in [3.8, 4) is 0 Å². The smallest absolute Gasteiger partial charge is 0.243 e. The maximum atomic E-state index is 14.1. The van der Waals surface area contributed by atoms with Gasteiger partial charge in [0.1, 0.15) is 10.7 Å². The van der Waals surface area contributed by atoms with E-state index in [9.17, 15) is 12.8 Å². The van der Waals surface area contributed by atoms with Gasteiger partial charge in [-0.25, -0.2) is 17.5 Å². The van der Waals surface area contributed by atoms with E-state index in [0.29, 0.717) is 6.42 Å². The van der Waals surface area contributed by atoms with Crippen LogP contribution in [0.2, 0.25) is 5.02 Å². The molecule has 21 heavy (non-hydrogen) atoms.